The maximum absolute atomic E-state index is 12.2. The lowest BCUT2D eigenvalue weighted by molar-refractivity contribution is 0.0517. The SMILES string of the molecule is CCOC(=O)c1nc(-c2cscc2C)nc2c1CNCC2. The van der Waals surface area contributed by atoms with E-state index in [1.807, 2.05) is 12.3 Å². The van der Waals surface area contributed by atoms with Gasteiger partial charge < -0.3 is 10.1 Å². The molecule has 1 aliphatic heterocycles. The minimum Gasteiger partial charge on any atom is -0.461 e. The van der Waals surface area contributed by atoms with Gasteiger partial charge in [-0.2, -0.15) is 11.3 Å². The van der Waals surface area contributed by atoms with E-state index >= 15 is 0 Å². The fourth-order valence-electron chi connectivity index (χ4n) is 2.42. The Labute approximate surface area is 127 Å². The van der Waals surface area contributed by atoms with Crippen molar-refractivity contribution in [2.75, 3.05) is 13.2 Å². The number of fused-ring (bicyclic) bond motifs is 1. The minimum absolute atomic E-state index is 0.345. The van der Waals surface area contributed by atoms with Crippen molar-refractivity contribution in [1.82, 2.24) is 15.3 Å². The van der Waals surface area contributed by atoms with Crippen molar-refractivity contribution >= 4 is 17.3 Å². The summed E-state index contributed by atoms with van der Waals surface area (Å²) in [7, 11) is 0. The van der Waals surface area contributed by atoms with Crippen molar-refractivity contribution in [3.05, 3.63) is 33.3 Å². The topological polar surface area (TPSA) is 64.1 Å². The average Bonchev–Trinajstić information content (AvgIpc) is 2.92. The number of thiophene rings is 1. The van der Waals surface area contributed by atoms with Crippen LogP contribution in [-0.2, 0) is 17.7 Å². The number of carbonyl (C=O) groups excluding carboxylic acids is 1. The monoisotopic (exact) mass is 303 g/mol. The van der Waals surface area contributed by atoms with Crippen LogP contribution in [-0.4, -0.2) is 29.1 Å². The Morgan fingerprint density at radius 3 is 3.00 bits per heavy atom. The number of hydrogen-bond donors (Lipinski definition) is 1. The Hall–Kier alpha value is -1.79. The summed E-state index contributed by atoms with van der Waals surface area (Å²) >= 11 is 1.61. The molecule has 0 bridgehead atoms. The van der Waals surface area contributed by atoms with Gasteiger partial charge in [0.15, 0.2) is 11.5 Å². The molecule has 6 heteroatoms. The molecule has 3 heterocycles. The van der Waals surface area contributed by atoms with Crippen LogP contribution >= 0.6 is 11.3 Å². The third-order valence-electron chi connectivity index (χ3n) is 3.50. The molecule has 0 atom stereocenters. The number of esters is 1. The number of carbonyl (C=O) groups is 1. The van der Waals surface area contributed by atoms with Crippen molar-refractivity contribution in [2.24, 2.45) is 0 Å². The van der Waals surface area contributed by atoms with Crippen LogP contribution in [0.15, 0.2) is 10.8 Å². The van der Waals surface area contributed by atoms with Gasteiger partial charge in [0.2, 0.25) is 0 Å². The summed E-state index contributed by atoms with van der Waals surface area (Å²) in [6.45, 7) is 5.66. The van der Waals surface area contributed by atoms with Crippen molar-refractivity contribution < 1.29 is 9.53 Å². The smallest absolute Gasteiger partial charge is 0.357 e. The Balaban J connectivity index is 2.13. The second kappa shape index (κ2) is 5.91. The number of aryl methyl sites for hydroxylation is 1. The van der Waals surface area contributed by atoms with E-state index in [9.17, 15) is 4.79 Å². The summed E-state index contributed by atoms with van der Waals surface area (Å²) in [5, 5.41) is 7.34. The Morgan fingerprint density at radius 2 is 2.29 bits per heavy atom. The largest absolute Gasteiger partial charge is 0.461 e. The van der Waals surface area contributed by atoms with Crippen molar-refractivity contribution in [3.63, 3.8) is 0 Å². The zero-order chi connectivity index (χ0) is 14.8. The molecule has 0 saturated heterocycles. The first-order chi connectivity index (χ1) is 10.2. The van der Waals surface area contributed by atoms with Gasteiger partial charge >= 0.3 is 5.97 Å². The Kier molecular flexibility index (Phi) is 3.98. The van der Waals surface area contributed by atoms with Crippen molar-refractivity contribution in [3.8, 4) is 11.4 Å². The van der Waals surface area contributed by atoms with E-state index in [1.54, 1.807) is 18.3 Å². The third-order valence-corrected chi connectivity index (χ3v) is 4.36. The summed E-state index contributed by atoms with van der Waals surface area (Å²) < 4.78 is 5.14. The molecule has 2 aromatic rings. The van der Waals surface area contributed by atoms with E-state index in [4.69, 9.17) is 4.74 Å². The molecule has 0 saturated carbocycles. The van der Waals surface area contributed by atoms with Crippen LogP contribution in [0.3, 0.4) is 0 Å². The van der Waals surface area contributed by atoms with Gasteiger partial charge in [-0.05, 0) is 24.8 Å². The molecule has 21 heavy (non-hydrogen) atoms. The number of ether oxygens (including phenoxy) is 1. The highest BCUT2D eigenvalue weighted by atomic mass is 32.1. The molecule has 5 nitrogen and oxygen atoms in total. The van der Waals surface area contributed by atoms with Gasteiger partial charge in [-0.1, -0.05) is 0 Å². The first-order valence-corrected chi connectivity index (χ1v) is 7.95. The fraction of sp³-hybridized carbons (Fsp3) is 0.400. The predicted octanol–water partition coefficient (Wildman–Crippen LogP) is 2.34. The number of nitrogens with one attached hydrogen (secondary N) is 1. The van der Waals surface area contributed by atoms with Crippen LogP contribution < -0.4 is 5.32 Å². The van der Waals surface area contributed by atoms with Crippen LogP contribution in [0.2, 0.25) is 0 Å². The average molecular weight is 303 g/mol. The number of hydrogen-bond acceptors (Lipinski definition) is 6. The minimum atomic E-state index is -0.367. The van der Waals surface area contributed by atoms with Gasteiger partial charge in [0, 0.05) is 36.0 Å². The maximum atomic E-state index is 12.2. The summed E-state index contributed by atoms with van der Waals surface area (Å²) in [6.07, 6.45) is 0.806. The van der Waals surface area contributed by atoms with Gasteiger partial charge in [0.05, 0.1) is 12.3 Å². The van der Waals surface area contributed by atoms with Crippen LogP contribution in [0.1, 0.15) is 34.2 Å². The highest BCUT2D eigenvalue weighted by Crippen LogP contribution is 2.27. The zero-order valence-corrected chi connectivity index (χ0v) is 12.9. The fourth-order valence-corrected chi connectivity index (χ4v) is 3.25. The first kappa shape index (κ1) is 14.2. The predicted molar refractivity (Wildman–Crippen MR) is 81.4 cm³/mol. The molecule has 0 unspecified atom stereocenters. The molecule has 2 aromatic heterocycles. The van der Waals surface area contributed by atoms with Crippen molar-refractivity contribution in [2.45, 2.75) is 26.8 Å². The summed E-state index contributed by atoms with van der Waals surface area (Å²) in [6, 6.07) is 0. The van der Waals surface area contributed by atoms with E-state index in [2.05, 4.69) is 20.7 Å². The molecular weight excluding hydrogens is 286 g/mol. The van der Waals surface area contributed by atoms with Crippen molar-refractivity contribution in [1.29, 1.82) is 0 Å². The molecule has 0 aliphatic carbocycles. The molecule has 0 fully saturated rings. The van der Waals surface area contributed by atoms with E-state index < -0.39 is 0 Å². The summed E-state index contributed by atoms with van der Waals surface area (Å²) in [4.78, 5) is 21.3. The van der Waals surface area contributed by atoms with Crippen LogP contribution in [0.25, 0.3) is 11.4 Å². The lowest BCUT2D eigenvalue weighted by Crippen LogP contribution is -2.28. The quantitative estimate of drug-likeness (QED) is 0.882. The molecule has 0 aromatic carbocycles. The number of rotatable bonds is 3. The Bertz CT molecular complexity index is 682. The highest BCUT2D eigenvalue weighted by Gasteiger charge is 2.23. The molecule has 1 aliphatic rings. The van der Waals surface area contributed by atoms with Crippen LogP contribution in [0, 0.1) is 6.92 Å². The van der Waals surface area contributed by atoms with Gasteiger partial charge in [0.1, 0.15) is 0 Å². The molecular formula is C15H17N3O2S. The zero-order valence-electron chi connectivity index (χ0n) is 12.1. The van der Waals surface area contributed by atoms with E-state index in [1.165, 1.54) is 0 Å². The second-order valence-electron chi connectivity index (χ2n) is 4.94. The first-order valence-electron chi connectivity index (χ1n) is 7.01. The Morgan fingerprint density at radius 1 is 1.43 bits per heavy atom. The normalized spacial score (nSPS) is 13.8. The van der Waals surface area contributed by atoms with Gasteiger partial charge in [-0.15, -0.1) is 0 Å². The molecule has 0 spiro atoms. The second-order valence-corrected chi connectivity index (χ2v) is 5.68. The van der Waals surface area contributed by atoms with Gasteiger partial charge in [-0.25, -0.2) is 14.8 Å². The lowest BCUT2D eigenvalue weighted by Gasteiger charge is -2.19. The van der Waals surface area contributed by atoms with Gasteiger partial charge in [-0.3, -0.25) is 0 Å². The standard InChI is InChI=1S/C15H17N3O2S/c1-3-20-15(19)13-10-6-16-5-4-12(10)17-14(18-13)11-8-21-7-9(11)2/h7-8,16H,3-6H2,1-2H3. The highest BCUT2D eigenvalue weighted by molar-refractivity contribution is 7.08. The summed E-state index contributed by atoms with van der Waals surface area (Å²) in [5.74, 6) is 0.256. The van der Waals surface area contributed by atoms with Crippen LogP contribution in [0.4, 0.5) is 0 Å². The molecule has 0 amide bonds. The molecule has 1 N–H and O–H groups in total. The molecule has 110 valence electrons. The van der Waals surface area contributed by atoms with E-state index in [0.29, 0.717) is 24.7 Å². The number of nitrogens with zero attached hydrogens (tertiary/aromatic N) is 2. The summed E-state index contributed by atoms with van der Waals surface area (Å²) in [5.41, 5.74) is 4.34. The van der Waals surface area contributed by atoms with Crippen LogP contribution in [0.5, 0.6) is 0 Å². The van der Waals surface area contributed by atoms with Gasteiger partial charge in [0.25, 0.3) is 0 Å². The molecule has 0 radical (unpaired) electrons. The van der Waals surface area contributed by atoms with E-state index in [0.717, 1.165) is 35.3 Å². The third kappa shape index (κ3) is 2.69. The maximum Gasteiger partial charge on any atom is 0.357 e. The van der Waals surface area contributed by atoms with E-state index in [-0.39, 0.29) is 5.97 Å². The lowest BCUT2D eigenvalue weighted by atomic mass is 10.0. The molecule has 3 rings (SSSR count). The number of aromatic nitrogens is 2.